The van der Waals surface area contributed by atoms with E-state index in [9.17, 15) is 8.42 Å². The minimum absolute atomic E-state index is 0. The van der Waals surface area contributed by atoms with Gasteiger partial charge in [-0.15, -0.1) is 35.3 Å². The molecule has 0 aliphatic rings. The van der Waals surface area contributed by atoms with Gasteiger partial charge in [0.05, 0.1) is 18.1 Å². The lowest BCUT2D eigenvalue weighted by Crippen LogP contribution is -2.38. The van der Waals surface area contributed by atoms with Gasteiger partial charge in [0.2, 0.25) is 0 Å². The molecule has 0 amide bonds. The fourth-order valence-corrected chi connectivity index (χ4v) is 5.10. The Balaban J connectivity index is 0.00000364. The van der Waals surface area contributed by atoms with Crippen LogP contribution in [0.25, 0.3) is 0 Å². The van der Waals surface area contributed by atoms with Crippen LogP contribution in [0.5, 0.6) is 0 Å². The molecule has 1 N–H and O–H groups in total. The lowest BCUT2D eigenvalue weighted by molar-refractivity contribution is 0.462. The molecule has 152 valence electrons. The van der Waals surface area contributed by atoms with Crippen molar-refractivity contribution in [1.82, 2.24) is 19.1 Å². The predicted octanol–water partition coefficient (Wildman–Crippen LogP) is 2.82. The first-order valence-electron chi connectivity index (χ1n) is 7.89. The molecule has 2 rings (SSSR count). The number of halogens is 2. The van der Waals surface area contributed by atoms with Crippen molar-refractivity contribution in [1.29, 1.82) is 0 Å². The Morgan fingerprint density at radius 2 is 2.00 bits per heavy atom. The normalized spacial score (nSPS) is 12.2. The number of rotatable bonds is 6. The molecule has 0 saturated carbocycles. The van der Waals surface area contributed by atoms with Crippen LogP contribution in [0, 0.1) is 0 Å². The van der Waals surface area contributed by atoms with Crippen LogP contribution in [0.3, 0.4) is 0 Å². The van der Waals surface area contributed by atoms with Gasteiger partial charge >= 0.3 is 0 Å². The van der Waals surface area contributed by atoms with E-state index in [2.05, 4.69) is 10.3 Å². The summed E-state index contributed by atoms with van der Waals surface area (Å²) in [5.74, 6) is 0.715. The van der Waals surface area contributed by atoms with Crippen LogP contribution in [0.2, 0.25) is 5.02 Å². The summed E-state index contributed by atoms with van der Waals surface area (Å²) in [7, 11) is 5.26. The zero-order chi connectivity index (χ0) is 19.5. The molecule has 0 aliphatic carbocycles. The summed E-state index contributed by atoms with van der Waals surface area (Å²) in [6.07, 6.45) is 1.86. The highest BCUT2D eigenvalue weighted by Crippen LogP contribution is 2.23. The Bertz CT molecular complexity index is 893. The number of hydrogen-bond donors (Lipinski definition) is 1. The van der Waals surface area contributed by atoms with Crippen LogP contribution in [-0.4, -0.2) is 56.3 Å². The summed E-state index contributed by atoms with van der Waals surface area (Å²) < 4.78 is 27.8. The summed E-state index contributed by atoms with van der Waals surface area (Å²) >= 11 is 7.28. The Kier molecular flexibility index (Phi) is 9.06. The van der Waals surface area contributed by atoms with Crippen LogP contribution >= 0.6 is 46.9 Å². The Morgan fingerprint density at radius 1 is 1.33 bits per heavy atom. The number of guanidine groups is 1. The third-order valence-corrected chi connectivity index (χ3v) is 7.41. The third kappa shape index (κ3) is 6.08. The number of aliphatic imine (C=N–C) groups is 1. The molecule has 0 bridgehead atoms. The summed E-state index contributed by atoms with van der Waals surface area (Å²) in [4.78, 5) is 7.19. The van der Waals surface area contributed by atoms with Gasteiger partial charge in [0.25, 0.3) is 10.0 Å². The molecule has 7 nitrogen and oxygen atoms in total. The highest BCUT2D eigenvalue weighted by molar-refractivity contribution is 14.0. The zero-order valence-corrected chi connectivity index (χ0v) is 20.7. The molecule has 27 heavy (non-hydrogen) atoms. The minimum Gasteiger partial charge on any atom is -0.351 e. The average molecular weight is 546 g/mol. The van der Waals surface area contributed by atoms with Gasteiger partial charge in [-0.05, 0) is 18.2 Å². The maximum absolute atomic E-state index is 12.2. The molecule has 0 aliphatic heterocycles. The first-order chi connectivity index (χ1) is 12.1. The molecule has 0 aromatic carbocycles. The Morgan fingerprint density at radius 3 is 2.52 bits per heavy atom. The molecular formula is C16H25ClIN5O2S2. The molecule has 0 spiro atoms. The Hall–Kier alpha value is -0.820. The molecular weight excluding hydrogens is 521 g/mol. The molecule has 0 radical (unpaired) electrons. The van der Waals surface area contributed by atoms with Crippen LogP contribution < -0.4 is 5.32 Å². The van der Waals surface area contributed by atoms with Crippen molar-refractivity contribution in [3.63, 3.8) is 0 Å². The highest BCUT2D eigenvalue weighted by atomic mass is 127. The van der Waals surface area contributed by atoms with Crippen LogP contribution in [0.1, 0.15) is 10.6 Å². The van der Waals surface area contributed by atoms with Crippen LogP contribution in [-0.2, 0) is 30.2 Å². The molecule has 11 heteroatoms. The molecule has 0 fully saturated rings. The number of nitrogens with zero attached hydrogens (tertiary/aromatic N) is 4. The number of nitrogens with one attached hydrogen (secondary N) is 1. The van der Waals surface area contributed by atoms with E-state index in [4.69, 9.17) is 11.6 Å². The quantitative estimate of drug-likeness (QED) is 0.344. The van der Waals surface area contributed by atoms with E-state index < -0.39 is 10.0 Å². The van der Waals surface area contributed by atoms with Crippen molar-refractivity contribution >= 4 is 62.9 Å². The second kappa shape index (κ2) is 10.1. The predicted molar refractivity (Wildman–Crippen MR) is 123 cm³/mol. The first kappa shape index (κ1) is 24.2. The second-order valence-electron chi connectivity index (χ2n) is 6.03. The lowest BCUT2D eigenvalue weighted by Gasteiger charge is -2.22. The minimum atomic E-state index is -3.39. The summed E-state index contributed by atoms with van der Waals surface area (Å²) in [5.41, 5.74) is 1.07. The molecule has 2 aromatic heterocycles. The number of aromatic nitrogens is 1. The number of aryl methyl sites for hydroxylation is 1. The van der Waals surface area contributed by atoms with Gasteiger partial charge in [-0.2, -0.15) is 0 Å². The van der Waals surface area contributed by atoms with Gasteiger partial charge < -0.3 is 14.8 Å². The summed E-state index contributed by atoms with van der Waals surface area (Å²) in [6.45, 7) is 1.14. The van der Waals surface area contributed by atoms with Crippen molar-refractivity contribution in [3.05, 3.63) is 40.0 Å². The van der Waals surface area contributed by atoms with E-state index in [1.54, 1.807) is 13.1 Å². The second-order valence-corrected chi connectivity index (χ2v) is 10.0. The summed E-state index contributed by atoms with van der Waals surface area (Å²) in [5, 5.41) is 3.96. The third-order valence-electron chi connectivity index (χ3n) is 3.84. The molecule has 2 aromatic rings. The van der Waals surface area contributed by atoms with Gasteiger partial charge in [0.15, 0.2) is 5.96 Å². The molecule has 0 atom stereocenters. The largest absolute Gasteiger partial charge is 0.351 e. The van der Waals surface area contributed by atoms with Crippen molar-refractivity contribution in [2.45, 2.75) is 17.3 Å². The smallest absolute Gasteiger partial charge is 0.252 e. The SMILES string of the molecule is CN=C(NCc1ccc(S(=O)(=O)N(C)C)s1)N(C)Cc1cc(Cl)cn1C.I. The van der Waals surface area contributed by atoms with Crippen molar-refractivity contribution in [3.8, 4) is 0 Å². The average Bonchev–Trinajstić information content (AvgIpc) is 3.15. The van der Waals surface area contributed by atoms with Crippen molar-refractivity contribution in [2.24, 2.45) is 12.0 Å². The number of thiophene rings is 1. The molecule has 2 heterocycles. The van der Waals surface area contributed by atoms with Crippen molar-refractivity contribution in [2.75, 3.05) is 28.2 Å². The molecule has 0 unspecified atom stereocenters. The topological polar surface area (TPSA) is 69.9 Å². The molecule has 0 saturated heterocycles. The lowest BCUT2D eigenvalue weighted by atomic mass is 10.4. The van der Waals surface area contributed by atoms with Crippen molar-refractivity contribution < 1.29 is 8.42 Å². The van der Waals surface area contributed by atoms with Gasteiger partial charge in [-0.1, -0.05) is 11.6 Å². The summed E-state index contributed by atoms with van der Waals surface area (Å²) in [6, 6.07) is 5.37. The van der Waals surface area contributed by atoms with E-state index in [0.717, 1.165) is 10.6 Å². The monoisotopic (exact) mass is 545 g/mol. The van der Waals surface area contributed by atoms with E-state index in [-0.39, 0.29) is 24.0 Å². The number of hydrogen-bond acceptors (Lipinski definition) is 4. The maximum Gasteiger partial charge on any atom is 0.252 e. The standard InChI is InChI=1S/C16H24ClN5O2S2.HI/c1-18-16(22(5)11-13-8-12(17)10-21(13)4)19-9-14-6-7-15(25-14)26(23,24)20(2)3;/h6-8,10H,9,11H2,1-5H3,(H,18,19);1H. The maximum atomic E-state index is 12.2. The van der Waals surface area contributed by atoms with E-state index in [1.165, 1.54) is 29.7 Å². The van der Waals surface area contributed by atoms with E-state index in [0.29, 0.717) is 28.3 Å². The first-order valence-corrected chi connectivity index (χ1v) is 10.5. The van der Waals surface area contributed by atoms with Gasteiger partial charge in [-0.3, -0.25) is 4.99 Å². The number of sulfonamides is 1. The Labute approximate surface area is 187 Å². The van der Waals surface area contributed by atoms with Crippen LogP contribution in [0.4, 0.5) is 0 Å². The zero-order valence-electron chi connectivity index (χ0n) is 15.9. The fraction of sp³-hybridized carbons (Fsp3) is 0.438. The highest BCUT2D eigenvalue weighted by Gasteiger charge is 2.19. The fourth-order valence-electron chi connectivity index (χ4n) is 2.36. The van der Waals surface area contributed by atoms with Gasteiger partial charge in [0.1, 0.15) is 4.21 Å². The van der Waals surface area contributed by atoms with E-state index >= 15 is 0 Å². The van der Waals surface area contributed by atoms with E-state index in [1.807, 2.05) is 41.9 Å². The van der Waals surface area contributed by atoms with Crippen LogP contribution in [0.15, 0.2) is 33.6 Å². The van der Waals surface area contributed by atoms with Gasteiger partial charge in [-0.25, -0.2) is 12.7 Å². The van der Waals surface area contributed by atoms with Gasteiger partial charge in [0, 0.05) is 52.0 Å².